The molecule has 4 heteroatoms. The number of rotatable bonds is 3. The van der Waals surface area contributed by atoms with Crippen LogP contribution in [0.1, 0.15) is 11.1 Å². The second-order valence-corrected chi connectivity index (χ2v) is 4.87. The number of aromatic nitrogens is 2. The van der Waals surface area contributed by atoms with Gasteiger partial charge in [-0.3, -0.25) is 4.98 Å². The molecule has 0 spiro atoms. The van der Waals surface area contributed by atoms with E-state index in [4.69, 9.17) is 0 Å². The van der Waals surface area contributed by atoms with Crippen LogP contribution >= 0.6 is 0 Å². The fraction of sp³-hybridized carbons (Fsp3) is 0.118. The van der Waals surface area contributed by atoms with Crippen LogP contribution in [0.15, 0.2) is 54.9 Å². The molecule has 102 valence electrons. The van der Waals surface area contributed by atoms with E-state index in [1.165, 1.54) is 0 Å². The Kier molecular flexibility index (Phi) is 3.48. The van der Waals surface area contributed by atoms with Crippen molar-refractivity contribution in [3.63, 3.8) is 0 Å². The van der Waals surface area contributed by atoms with Crippen LogP contribution in [0.4, 0.5) is 5.82 Å². The molecule has 2 heterocycles. The predicted octanol–water partition coefficient (Wildman–Crippen LogP) is 3.14. The van der Waals surface area contributed by atoms with Gasteiger partial charge in [0.15, 0.2) is 0 Å². The lowest BCUT2D eigenvalue weighted by Crippen LogP contribution is -2.18. The van der Waals surface area contributed by atoms with Crippen molar-refractivity contribution >= 4 is 16.7 Å². The number of benzene rings is 1. The minimum atomic E-state index is 0.647. The van der Waals surface area contributed by atoms with Crippen LogP contribution in [-0.4, -0.2) is 17.0 Å². The second kappa shape index (κ2) is 5.59. The van der Waals surface area contributed by atoms with Gasteiger partial charge >= 0.3 is 0 Å². The Morgan fingerprint density at radius 3 is 2.81 bits per heavy atom. The Hall–Kier alpha value is -2.93. The van der Waals surface area contributed by atoms with Gasteiger partial charge < -0.3 is 4.90 Å². The lowest BCUT2D eigenvalue weighted by atomic mass is 10.1. The predicted molar refractivity (Wildman–Crippen MR) is 82.8 cm³/mol. The third kappa shape index (κ3) is 2.67. The summed E-state index contributed by atoms with van der Waals surface area (Å²) in [6, 6.07) is 15.7. The molecule has 0 aliphatic carbocycles. The van der Waals surface area contributed by atoms with Gasteiger partial charge in [-0.15, -0.1) is 0 Å². The van der Waals surface area contributed by atoms with E-state index in [1.54, 1.807) is 6.20 Å². The Labute approximate surface area is 123 Å². The molecule has 0 unspecified atom stereocenters. The fourth-order valence-electron chi connectivity index (χ4n) is 2.30. The Morgan fingerprint density at radius 1 is 1.19 bits per heavy atom. The van der Waals surface area contributed by atoms with Crippen molar-refractivity contribution in [1.29, 1.82) is 5.26 Å². The van der Waals surface area contributed by atoms with Crippen LogP contribution in [0, 0.1) is 11.3 Å². The van der Waals surface area contributed by atoms with Crippen LogP contribution < -0.4 is 4.90 Å². The molecular weight excluding hydrogens is 260 g/mol. The molecule has 0 atom stereocenters. The van der Waals surface area contributed by atoms with E-state index in [0.29, 0.717) is 12.1 Å². The molecule has 0 bridgehead atoms. The van der Waals surface area contributed by atoms with Crippen LogP contribution in [0.5, 0.6) is 0 Å². The lowest BCUT2D eigenvalue weighted by molar-refractivity contribution is 0.896. The Morgan fingerprint density at radius 2 is 2.05 bits per heavy atom. The van der Waals surface area contributed by atoms with Gasteiger partial charge in [0.2, 0.25) is 0 Å². The van der Waals surface area contributed by atoms with Gasteiger partial charge in [-0.1, -0.05) is 24.3 Å². The van der Waals surface area contributed by atoms with Crippen molar-refractivity contribution < 1.29 is 0 Å². The Balaban J connectivity index is 1.99. The van der Waals surface area contributed by atoms with Crippen molar-refractivity contribution in [1.82, 2.24) is 9.97 Å². The van der Waals surface area contributed by atoms with Crippen molar-refractivity contribution in [2.45, 2.75) is 6.54 Å². The van der Waals surface area contributed by atoms with Gasteiger partial charge in [-0.25, -0.2) is 4.98 Å². The van der Waals surface area contributed by atoms with Crippen LogP contribution in [0.3, 0.4) is 0 Å². The average Bonchev–Trinajstić information content (AvgIpc) is 2.54. The van der Waals surface area contributed by atoms with Gasteiger partial charge in [0.05, 0.1) is 17.1 Å². The molecule has 2 aromatic heterocycles. The number of para-hydroxylation sites is 1. The largest absolute Gasteiger partial charge is 0.355 e. The quantitative estimate of drug-likeness (QED) is 0.736. The topological polar surface area (TPSA) is 52.8 Å². The van der Waals surface area contributed by atoms with Crippen molar-refractivity contribution in [3.8, 4) is 6.07 Å². The van der Waals surface area contributed by atoms with E-state index in [-0.39, 0.29) is 0 Å². The highest BCUT2D eigenvalue weighted by molar-refractivity contribution is 5.86. The average molecular weight is 274 g/mol. The van der Waals surface area contributed by atoms with Crippen molar-refractivity contribution in [2.75, 3.05) is 11.9 Å². The van der Waals surface area contributed by atoms with Gasteiger partial charge in [-0.2, -0.15) is 5.26 Å². The first-order valence-electron chi connectivity index (χ1n) is 6.68. The third-order valence-electron chi connectivity index (χ3n) is 3.36. The van der Waals surface area contributed by atoms with E-state index in [9.17, 15) is 5.26 Å². The number of nitriles is 1. The first-order valence-corrected chi connectivity index (χ1v) is 6.68. The van der Waals surface area contributed by atoms with Crippen LogP contribution in [0.25, 0.3) is 10.9 Å². The molecule has 1 aromatic carbocycles. The van der Waals surface area contributed by atoms with Crippen molar-refractivity contribution in [3.05, 3.63) is 66.0 Å². The number of pyridine rings is 2. The SMILES string of the molecule is CN(Cc1cccnc1)c1cc(C#N)c2ccccc2n1. The molecule has 0 saturated carbocycles. The zero-order valence-electron chi connectivity index (χ0n) is 11.7. The number of nitrogens with zero attached hydrogens (tertiary/aromatic N) is 4. The summed E-state index contributed by atoms with van der Waals surface area (Å²) in [6.45, 7) is 0.698. The summed E-state index contributed by atoms with van der Waals surface area (Å²) < 4.78 is 0. The summed E-state index contributed by atoms with van der Waals surface area (Å²) in [6.07, 6.45) is 3.59. The zero-order chi connectivity index (χ0) is 14.7. The summed E-state index contributed by atoms with van der Waals surface area (Å²) in [5, 5.41) is 10.2. The summed E-state index contributed by atoms with van der Waals surface area (Å²) >= 11 is 0. The monoisotopic (exact) mass is 274 g/mol. The van der Waals surface area contributed by atoms with Gasteiger partial charge in [0.25, 0.3) is 0 Å². The first kappa shape index (κ1) is 13.1. The number of anilines is 1. The second-order valence-electron chi connectivity index (χ2n) is 4.87. The lowest BCUT2D eigenvalue weighted by Gasteiger charge is -2.19. The molecule has 3 rings (SSSR count). The molecule has 0 fully saturated rings. The molecule has 0 amide bonds. The summed E-state index contributed by atoms with van der Waals surface area (Å²) in [4.78, 5) is 10.8. The van der Waals surface area contributed by atoms with E-state index in [1.807, 2.05) is 60.6 Å². The molecule has 0 aliphatic heterocycles. The molecular formula is C17H14N4. The van der Waals surface area contributed by atoms with E-state index in [2.05, 4.69) is 16.0 Å². The standard InChI is InChI=1S/C17H14N4/c1-21(12-13-5-4-8-19-11-13)17-9-14(10-18)15-6-2-3-7-16(15)20-17/h2-9,11H,12H2,1H3. The third-order valence-corrected chi connectivity index (χ3v) is 3.36. The normalized spacial score (nSPS) is 10.3. The maximum Gasteiger partial charge on any atom is 0.130 e. The molecule has 4 nitrogen and oxygen atoms in total. The maximum atomic E-state index is 9.33. The molecule has 0 radical (unpaired) electrons. The molecule has 21 heavy (non-hydrogen) atoms. The summed E-state index contributed by atoms with van der Waals surface area (Å²) in [5.41, 5.74) is 2.59. The summed E-state index contributed by atoms with van der Waals surface area (Å²) in [7, 11) is 1.96. The Bertz CT molecular complexity index is 806. The molecule has 3 aromatic rings. The molecule has 0 N–H and O–H groups in total. The smallest absolute Gasteiger partial charge is 0.130 e. The molecule has 0 saturated heterocycles. The van der Waals surface area contributed by atoms with Gasteiger partial charge in [0.1, 0.15) is 5.82 Å². The number of hydrogen-bond acceptors (Lipinski definition) is 4. The minimum absolute atomic E-state index is 0.647. The van der Waals surface area contributed by atoms with E-state index < -0.39 is 0 Å². The fourth-order valence-corrected chi connectivity index (χ4v) is 2.30. The highest BCUT2D eigenvalue weighted by Gasteiger charge is 2.09. The zero-order valence-corrected chi connectivity index (χ0v) is 11.7. The highest BCUT2D eigenvalue weighted by atomic mass is 15.2. The summed E-state index contributed by atoms with van der Waals surface area (Å²) in [5.74, 6) is 0.786. The van der Waals surface area contributed by atoms with Crippen LogP contribution in [0.2, 0.25) is 0 Å². The van der Waals surface area contributed by atoms with Gasteiger partial charge in [-0.05, 0) is 23.8 Å². The van der Waals surface area contributed by atoms with E-state index >= 15 is 0 Å². The number of hydrogen-bond donors (Lipinski definition) is 0. The van der Waals surface area contributed by atoms with Gasteiger partial charge in [0, 0.05) is 31.4 Å². The minimum Gasteiger partial charge on any atom is -0.355 e. The number of fused-ring (bicyclic) bond motifs is 1. The van der Waals surface area contributed by atoms with E-state index in [0.717, 1.165) is 22.3 Å². The maximum absolute atomic E-state index is 9.33. The van der Waals surface area contributed by atoms with Crippen molar-refractivity contribution in [2.24, 2.45) is 0 Å². The first-order chi connectivity index (χ1) is 10.3. The van der Waals surface area contributed by atoms with Crippen LogP contribution in [-0.2, 0) is 6.54 Å². The highest BCUT2D eigenvalue weighted by Crippen LogP contribution is 2.22. The molecule has 0 aliphatic rings.